The van der Waals surface area contributed by atoms with E-state index in [1.165, 1.54) is 6.33 Å². The highest BCUT2D eigenvalue weighted by molar-refractivity contribution is 5.75. The Kier molecular flexibility index (Phi) is 4.69. The molecule has 0 spiro atoms. The summed E-state index contributed by atoms with van der Waals surface area (Å²) in [5.41, 5.74) is 0. The lowest BCUT2D eigenvalue weighted by atomic mass is 9.87. The van der Waals surface area contributed by atoms with Gasteiger partial charge in [0.1, 0.15) is 12.7 Å². The molecular weight excluding hydrogens is 232 g/mol. The van der Waals surface area contributed by atoms with Crippen molar-refractivity contribution in [1.29, 1.82) is 0 Å². The predicted octanol–water partition coefficient (Wildman–Crippen LogP) is 0.335. The first-order valence-electron chi connectivity index (χ1n) is 6.51. The van der Waals surface area contributed by atoms with E-state index in [4.69, 9.17) is 0 Å². The summed E-state index contributed by atoms with van der Waals surface area (Å²) in [4.78, 5) is 15.4. The van der Waals surface area contributed by atoms with Gasteiger partial charge in [0.05, 0.1) is 12.6 Å². The molecule has 0 aromatic carbocycles. The van der Waals surface area contributed by atoms with Gasteiger partial charge in [0.25, 0.3) is 0 Å². The van der Waals surface area contributed by atoms with Crippen LogP contribution in [0.3, 0.4) is 0 Å². The molecule has 0 aliphatic heterocycles. The SMILES string of the molecule is O=C(CCn1cncn1)NCC1CCC(O)CC1. The highest BCUT2D eigenvalue weighted by atomic mass is 16.3. The second kappa shape index (κ2) is 6.49. The third kappa shape index (κ3) is 4.10. The van der Waals surface area contributed by atoms with Crippen LogP contribution in [-0.2, 0) is 11.3 Å². The smallest absolute Gasteiger partial charge is 0.221 e. The van der Waals surface area contributed by atoms with Gasteiger partial charge in [-0.1, -0.05) is 0 Å². The molecule has 1 aliphatic carbocycles. The number of aliphatic hydroxyl groups excluding tert-OH is 1. The van der Waals surface area contributed by atoms with Gasteiger partial charge in [-0.05, 0) is 31.6 Å². The normalized spacial score (nSPS) is 23.8. The van der Waals surface area contributed by atoms with Crippen LogP contribution in [0.1, 0.15) is 32.1 Å². The highest BCUT2D eigenvalue weighted by Crippen LogP contribution is 2.23. The number of nitrogens with one attached hydrogen (secondary N) is 1. The van der Waals surface area contributed by atoms with Crippen molar-refractivity contribution in [3.8, 4) is 0 Å². The molecule has 0 saturated heterocycles. The van der Waals surface area contributed by atoms with E-state index in [0.29, 0.717) is 18.9 Å². The Labute approximate surface area is 106 Å². The molecule has 2 rings (SSSR count). The molecule has 0 bridgehead atoms. The first-order chi connectivity index (χ1) is 8.74. The van der Waals surface area contributed by atoms with E-state index >= 15 is 0 Å². The quantitative estimate of drug-likeness (QED) is 0.791. The number of carbonyl (C=O) groups excluding carboxylic acids is 1. The zero-order chi connectivity index (χ0) is 12.8. The number of hydrogen-bond donors (Lipinski definition) is 2. The molecule has 1 heterocycles. The second-order valence-electron chi connectivity index (χ2n) is 4.89. The van der Waals surface area contributed by atoms with E-state index in [1.54, 1.807) is 11.0 Å². The zero-order valence-corrected chi connectivity index (χ0v) is 10.5. The van der Waals surface area contributed by atoms with Crippen LogP contribution in [0.25, 0.3) is 0 Å². The fourth-order valence-electron chi connectivity index (χ4n) is 2.26. The van der Waals surface area contributed by atoms with E-state index in [0.717, 1.165) is 32.2 Å². The van der Waals surface area contributed by atoms with E-state index in [9.17, 15) is 9.90 Å². The minimum Gasteiger partial charge on any atom is -0.393 e. The molecule has 1 aromatic rings. The highest BCUT2D eigenvalue weighted by Gasteiger charge is 2.19. The van der Waals surface area contributed by atoms with E-state index in [1.807, 2.05) is 0 Å². The van der Waals surface area contributed by atoms with Gasteiger partial charge in [-0.3, -0.25) is 9.48 Å². The number of aliphatic hydroxyl groups is 1. The largest absolute Gasteiger partial charge is 0.393 e. The van der Waals surface area contributed by atoms with Gasteiger partial charge in [0.2, 0.25) is 5.91 Å². The summed E-state index contributed by atoms with van der Waals surface area (Å²) in [7, 11) is 0. The number of amides is 1. The van der Waals surface area contributed by atoms with E-state index in [2.05, 4.69) is 15.4 Å². The average Bonchev–Trinajstić information content (AvgIpc) is 2.89. The van der Waals surface area contributed by atoms with Gasteiger partial charge in [0.15, 0.2) is 0 Å². The van der Waals surface area contributed by atoms with Crippen molar-refractivity contribution in [3.63, 3.8) is 0 Å². The summed E-state index contributed by atoms with van der Waals surface area (Å²) in [6, 6.07) is 0. The van der Waals surface area contributed by atoms with Crippen LogP contribution in [0.2, 0.25) is 0 Å². The monoisotopic (exact) mass is 252 g/mol. The Bertz CT molecular complexity index is 358. The van der Waals surface area contributed by atoms with Crippen LogP contribution in [0.4, 0.5) is 0 Å². The molecule has 1 aliphatic rings. The first kappa shape index (κ1) is 13.0. The summed E-state index contributed by atoms with van der Waals surface area (Å²) >= 11 is 0. The molecule has 18 heavy (non-hydrogen) atoms. The summed E-state index contributed by atoms with van der Waals surface area (Å²) in [5.74, 6) is 0.570. The van der Waals surface area contributed by atoms with E-state index in [-0.39, 0.29) is 12.0 Å². The molecule has 1 saturated carbocycles. The molecule has 6 nitrogen and oxygen atoms in total. The fourth-order valence-corrected chi connectivity index (χ4v) is 2.26. The van der Waals surface area contributed by atoms with Gasteiger partial charge in [-0.15, -0.1) is 0 Å². The molecule has 0 radical (unpaired) electrons. The van der Waals surface area contributed by atoms with Gasteiger partial charge in [0, 0.05) is 13.0 Å². The maximum Gasteiger partial charge on any atom is 0.221 e. The van der Waals surface area contributed by atoms with Crippen LogP contribution in [0, 0.1) is 5.92 Å². The van der Waals surface area contributed by atoms with Crippen molar-refractivity contribution >= 4 is 5.91 Å². The van der Waals surface area contributed by atoms with Gasteiger partial charge < -0.3 is 10.4 Å². The van der Waals surface area contributed by atoms with E-state index < -0.39 is 0 Å². The minimum atomic E-state index is -0.135. The molecule has 1 aromatic heterocycles. The van der Waals surface area contributed by atoms with Crippen molar-refractivity contribution in [2.45, 2.75) is 44.8 Å². The van der Waals surface area contributed by atoms with Crippen molar-refractivity contribution in [3.05, 3.63) is 12.7 Å². The predicted molar refractivity (Wildman–Crippen MR) is 65.6 cm³/mol. The number of carbonyl (C=O) groups is 1. The lowest BCUT2D eigenvalue weighted by Gasteiger charge is -2.25. The van der Waals surface area contributed by atoms with Crippen molar-refractivity contribution in [1.82, 2.24) is 20.1 Å². The average molecular weight is 252 g/mol. The van der Waals surface area contributed by atoms with Crippen molar-refractivity contribution in [2.24, 2.45) is 5.92 Å². The number of aromatic nitrogens is 3. The molecule has 0 atom stereocenters. The van der Waals surface area contributed by atoms with Gasteiger partial charge >= 0.3 is 0 Å². The molecule has 100 valence electrons. The zero-order valence-electron chi connectivity index (χ0n) is 10.5. The Hall–Kier alpha value is -1.43. The second-order valence-corrected chi connectivity index (χ2v) is 4.89. The molecule has 6 heteroatoms. The lowest BCUT2D eigenvalue weighted by molar-refractivity contribution is -0.121. The lowest BCUT2D eigenvalue weighted by Crippen LogP contribution is -2.32. The maximum atomic E-state index is 11.6. The number of hydrogen-bond acceptors (Lipinski definition) is 4. The van der Waals surface area contributed by atoms with Crippen molar-refractivity contribution < 1.29 is 9.90 Å². The maximum absolute atomic E-state index is 11.6. The van der Waals surface area contributed by atoms with Crippen LogP contribution >= 0.6 is 0 Å². The Morgan fingerprint density at radius 3 is 2.83 bits per heavy atom. The Morgan fingerprint density at radius 2 is 2.17 bits per heavy atom. The van der Waals surface area contributed by atoms with Crippen LogP contribution < -0.4 is 5.32 Å². The van der Waals surface area contributed by atoms with Crippen LogP contribution in [0.5, 0.6) is 0 Å². The van der Waals surface area contributed by atoms with Gasteiger partial charge in [-0.2, -0.15) is 5.10 Å². The Morgan fingerprint density at radius 1 is 1.39 bits per heavy atom. The van der Waals surface area contributed by atoms with Crippen molar-refractivity contribution in [2.75, 3.05) is 6.54 Å². The molecular formula is C12H20N4O2. The first-order valence-corrected chi connectivity index (χ1v) is 6.51. The minimum absolute atomic E-state index is 0.0524. The fraction of sp³-hybridized carbons (Fsp3) is 0.750. The summed E-state index contributed by atoms with van der Waals surface area (Å²) in [6.07, 6.45) is 7.10. The molecule has 0 unspecified atom stereocenters. The molecule has 1 amide bonds. The van der Waals surface area contributed by atoms with Crippen LogP contribution in [-0.4, -0.2) is 38.4 Å². The summed E-state index contributed by atoms with van der Waals surface area (Å²) in [6.45, 7) is 1.29. The topological polar surface area (TPSA) is 80.0 Å². The Balaban J connectivity index is 1.60. The van der Waals surface area contributed by atoms with Gasteiger partial charge in [-0.25, -0.2) is 4.98 Å². The summed E-state index contributed by atoms with van der Waals surface area (Å²) in [5, 5.41) is 16.3. The number of rotatable bonds is 5. The molecule has 1 fully saturated rings. The van der Waals surface area contributed by atoms with Crippen LogP contribution in [0.15, 0.2) is 12.7 Å². The molecule has 2 N–H and O–H groups in total. The standard InChI is InChI=1S/C12H20N4O2/c17-11-3-1-10(2-4-11)7-14-12(18)5-6-16-9-13-8-15-16/h8-11,17H,1-7H2,(H,14,18). The summed E-state index contributed by atoms with van der Waals surface area (Å²) < 4.78 is 1.65. The number of nitrogens with zero attached hydrogens (tertiary/aromatic N) is 3. The number of aryl methyl sites for hydroxylation is 1. The third-order valence-electron chi connectivity index (χ3n) is 3.44. The third-order valence-corrected chi connectivity index (χ3v) is 3.44.